The van der Waals surface area contributed by atoms with Crippen LogP contribution in [0.3, 0.4) is 0 Å². The second-order valence-corrected chi connectivity index (χ2v) is 8.24. The average molecular weight is 386 g/mol. The van der Waals surface area contributed by atoms with Gasteiger partial charge in [-0.05, 0) is 55.3 Å². The minimum absolute atomic E-state index is 0.207. The Morgan fingerprint density at radius 2 is 1.78 bits per heavy atom. The SMILES string of the molecule is C=CC(=O)N[C@H]1CCCN(S(=O)(=O)c2ccc(Oc3ccccc3)cc2)C1. The molecule has 2 aromatic rings. The van der Waals surface area contributed by atoms with Crippen molar-refractivity contribution in [1.29, 1.82) is 0 Å². The Labute approximate surface area is 159 Å². The number of carbonyl (C=O) groups is 1. The molecule has 6 nitrogen and oxygen atoms in total. The number of carbonyl (C=O) groups excluding carboxylic acids is 1. The molecule has 1 amide bonds. The Morgan fingerprint density at radius 3 is 2.44 bits per heavy atom. The summed E-state index contributed by atoms with van der Waals surface area (Å²) in [5, 5.41) is 2.78. The van der Waals surface area contributed by atoms with E-state index in [-0.39, 0.29) is 23.4 Å². The summed E-state index contributed by atoms with van der Waals surface area (Å²) in [6.45, 7) is 4.11. The van der Waals surface area contributed by atoms with Gasteiger partial charge in [0.2, 0.25) is 15.9 Å². The maximum atomic E-state index is 12.9. The van der Waals surface area contributed by atoms with Gasteiger partial charge in [-0.1, -0.05) is 24.8 Å². The van der Waals surface area contributed by atoms with E-state index in [9.17, 15) is 13.2 Å². The summed E-state index contributed by atoms with van der Waals surface area (Å²) in [5.74, 6) is 0.960. The summed E-state index contributed by atoms with van der Waals surface area (Å²) >= 11 is 0. The maximum Gasteiger partial charge on any atom is 0.243 e. The van der Waals surface area contributed by atoms with Crippen LogP contribution in [0.1, 0.15) is 12.8 Å². The third-order valence-electron chi connectivity index (χ3n) is 4.36. The van der Waals surface area contributed by atoms with Gasteiger partial charge in [-0.15, -0.1) is 0 Å². The molecule has 2 aromatic carbocycles. The van der Waals surface area contributed by atoms with Crippen LogP contribution in [0.5, 0.6) is 11.5 Å². The van der Waals surface area contributed by atoms with Crippen molar-refractivity contribution in [3.05, 3.63) is 67.3 Å². The number of hydrogen-bond acceptors (Lipinski definition) is 4. The molecule has 1 N–H and O–H groups in total. The summed E-state index contributed by atoms with van der Waals surface area (Å²) in [6, 6.07) is 15.4. The molecule has 3 rings (SSSR count). The van der Waals surface area contributed by atoms with Gasteiger partial charge in [0.05, 0.1) is 4.90 Å². The minimum atomic E-state index is -3.63. The van der Waals surface area contributed by atoms with Gasteiger partial charge in [0.25, 0.3) is 0 Å². The van der Waals surface area contributed by atoms with E-state index >= 15 is 0 Å². The largest absolute Gasteiger partial charge is 0.457 e. The quantitative estimate of drug-likeness (QED) is 0.775. The standard InChI is InChI=1S/C20H22N2O4S/c1-2-20(23)21-16-7-6-14-22(15-16)27(24,25)19-12-10-18(11-13-19)26-17-8-4-3-5-9-17/h2-5,8-13,16H,1,6-7,14-15H2,(H,21,23)/t16-/m0/s1. The Bertz CT molecular complexity index is 895. The number of hydrogen-bond donors (Lipinski definition) is 1. The Kier molecular flexibility index (Phi) is 5.93. The Morgan fingerprint density at radius 1 is 1.11 bits per heavy atom. The number of benzene rings is 2. The molecule has 0 saturated carbocycles. The van der Waals surface area contributed by atoms with Crippen LogP contribution in [0, 0.1) is 0 Å². The van der Waals surface area contributed by atoms with E-state index in [1.807, 2.05) is 30.3 Å². The fourth-order valence-corrected chi connectivity index (χ4v) is 4.52. The molecule has 1 aliphatic rings. The van der Waals surface area contributed by atoms with E-state index < -0.39 is 10.0 Å². The number of piperidine rings is 1. The number of para-hydroxylation sites is 1. The molecular weight excluding hydrogens is 364 g/mol. The average Bonchev–Trinajstić information content (AvgIpc) is 2.69. The van der Waals surface area contributed by atoms with Crippen molar-refractivity contribution >= 4 is 15.9 Å². The second-order valence-electron chi connectivity index (χ2n) is 6.30. The van der Waals surface area contributed by atoms with Crippen LogP contribution in [-0.2, 0) is 14.8 Å². The summed E-state index contributed by atoms with van der Waals surface area (Å²) in [5.41, 5.74) is 0. The van der Waals surface area contributed by atoms with E-state index in [1.54, 1.807) is 24.3 Å². The molecule has 0 aromatic heterocycles. The summed E-state index contributed by atoms with van der Waals surface area (Å²) in [4.78, 5) is 11.7. The van der Waals surface area contributed by atoms with Gasteiger partial charge in [0.1, 0.15) is 11.5 Å². The molecule has 1 fully saturated rings. The van der Waals surface area contributed by atoms with Gasteiger partial charge >= 0.3 is 0 Å². The highest BCUT2D eigenvalue weighted by atomic mass is 32.2. The van der Waals surface area contributed by atoms with E-state index in [0.29, 0.717) is 24.5 Å². The molecule has 0 unspecified atom stereocenters. The van der Waals surface area contributed by atoms with Gasteiger partial charge < -0.3 is 10.1 Å². The highest BCUT2D eigenvalue weighted by Gasteiger charge is 2.30. The predicted molar refractivity (Wildman–Crippen MR) is 103 cm³/mol. The van der Waals surface area contributed by atoms with Gasteiger partial charge in [0.15, 0.2) is 0 Å². The zero-order valence-corrected chi connectivity index (χ0v) is 15.7. The van der Waals surface area contributed by atoms with Crippen LogP contribution in [0.2, 0.25) is 0 Å². The molecule has 27 heavy (non-hydrogen) atoms. The summed E-state index contributed by atoms with van der Waals surface area (Å²) in [6.07, 6.45) is 2.63. The molecule has 1 heterocycles. The predicted octanol–water partition coefficient (Wildman–Crippen LogP) is 2.93. The van der Waals surface area contributed by atoms with Crippen LogP contribution in [0.4, 0.5) is 0 Å². The van der Waals surface area contributed by atoms with Gasteiger partial charge in [-0.25, -0.2) is 8.42 Å². The molecule has 142 valence electrons. The molecule has 0 spiro atoms. The third kappa shape index (κ3) is 4.75. The van der Waals surface area contributed by atoms with Crippen LogP contribution in [0.25, 0.3) is 0 Å². The number of ether oxygens (including phenoxy) is 1. The van der Waals surface area contributed by atoms with Crippen molar-refractivity contribution < 1.29 is 17.9 Å². The number of sulfonamides is 1. The number of nitrogens with zero attached hydrogens (tertiary/aromatic N) is 1. The van der Waals surface area contributed by atoms with Crippen molar-refractivity contribution in [1.82, 2.24) is 9.62 Å². The normalized spacial score (nSPS) is 17.9. The zero-order valence-electron chi connectivity index (χ0n) is 14.9. The fourth-order valence-electron chi connectivity index (χ4n) is 2.99. The lowest BCUT2D eigenvalue weighted by atomic mass is 10.1. The van der Waals surface area contributed by atoms with Gasteiger partial charge in [-0.2, -0.15) is 4.31 Å². The molecule has 1 aliphatic heterocycles. The Hall–Kier alpha value is -2.64. The smallest absolute Gasteiger partial charge is 0.243 e. The molecule has 7 heteroatoms. The van der Waals surface area contributed by atoms with Crippen molar-refractivity contribution in [3.63, 3.8) is 0 Å². The Balaban J connectivity index is 1.70. The topological polar surface area (TPSA) is 75.7 Å². The van der Waals surface area contributed by atoms with E-state index in [0.717, 1.165) is 6.42 Å². The lowest BCUT2D eigenvalue weighted by molar-refractivity contribution is -0.117. The first-order valence-corrected chi connectivity index (χ1v) is 10.2. The van der Waals surface area contributed by atoms with Crippen molar-refractivity contribution in [2.45, 2.75) is 23.8 Å². The third-order valence-corrected chi connectivity index (χ3v) is 6.24. The minimum Gasteiger partial charge on any atom is -0.457 e. The highest BCUT2D eigenvalue weighted by molar-refractivity contribution is 7.89. The molecular formula is C20H22N2O4S. The van der Waals surface area contributed by atoms with Crippen LogP contribution in [-0.4, -0.2) is 37.8 Å². The first-order chi connectivity index (χ1) is 13.0. The van der Waals surface area contributed by atoms with E-state index in [1.165, 1.54) is 10.4 Å². The van der Waals surface area contributed by atoms with Crippen molar-refractivity contribution in [3.8, 4) is 11.5 Å². The zero-order chi connectivity index (χ0) is 19.3. The monoisotopic (exact) mass is 386 g/mol. The fraction of sp³-hybridized carbons (Fsp3) is 0.250. The number of amides is 1. The molecule has 0 bridgehead atoms. The summed E-state index contributed by atoms with van der Waals surface area (Å²) < 4.78 is 32.9. The lowest BCUT2D eigenvalue weighted by Crippen LogP contribution is -2.49. The van der Waals surface area contributed by atoms with Gasteiger partial charge in [-0.3, -0.25) is 4.79 Å². The second kappa shape index (κ2) is 8.37. The van der Waals surface area contributed by atoms with Crippen LogP contribution in [0.15, 0.2) is 72.1 Å². The number of rotatable bonds is 6. The number of nitrogens with one attached hydrogen (secondary N) is 1. The van der Waals surface area contributed by atoms with Crippen LogP contribution >= 0.6 is 0 Å². The maximum absolute atomic E-state index is 12.9. The summed E-state index contributed by atoms with van der Waals surface area (Å²) in [7, 11) is -3.63. The highest BCUT2D eigenvalue weighted by Crippen LogP contribution is 2.25. The molecule has 0 aliphatic carbocycles. The van der Waals surface area contributed by atoms with Crippen molar-refractivity contribution in [2.24, 2.45) is 0 Å². The van der Waals surface area contributed by atoms with Crippen molar-refractivity contribution in [2.75, 3.05) is 13.1 Å². The first kappa shape index (κ1) is 19.1. The first-order valence-electron chi connectivity index (χ1n) is 8.75. The molecule has 1 saturated heterocycles. The van der Waals surface area contributed by atoms with Crippen LogP contribution < -0.4 is 10.1 Å². The van der Waals surface area contributed by atoms with Gasteiger partial charge in [0, 0.05) is 19.1 Å². The van der Waals surface area contributed by atoms with E-state index in [2.05, 4.69) is 11.9 Å². The lowest BCUT2D eigenvalue weighted by Gasteiger charge is -2.32. The molecule has 1 atom stereocenters. The van der Waals surface area contributed by atoms with E-state index in [4.69, 9.17) is 4.74 Å². The molecule has 0 radical (unpaired) electrons.